The van der Waals surface area contributed by atoms with Crippen molar-refractivity contribution in [3.63, 3.8) is 0 Å². The number of hydrogen-bond donors (Lipinski definition) is 2. The van der Waals surface area contributed by atoms with Crippen molar-refractivity contribution in [3.8, 4) is 0 Å². The van der Waals surface area contributed by atoms with Gasteiger partial charge in [-0.05, 0) is 12.8 Å². The largest absolute Gasteiger partial charge is 0.480 e. The minimum absolute atomic E-state index is 0.0317. The van der Waals surface area contributed by atoms with Gasteiger partial charge in [-0.1, -0.05) is 6.92 Å². The van der Waals surface area contributed by atoms with Gasteiger partial charge in [0.2, 0.25) is 10.0 Å². The van der Waals surface area contributed by atoms with Crippen molar-refractivity contribution < 1.29 is 23.1 Å². The summed E-state index contributed by atoms with van der Waals surface area (Å²) < 4.78 is 33.4. The van der Waals surface area contributed by atoms with Gasteiger partial charge in [0, 0.05) is 25.3 Å². The Hall–Kier alpha value is -1.45. The summed E-state index contributed by atoms with van der Waals surface area (Å²) in [7, 11) is -3.68. The van der Waals surface area contributed by atoms with Crippen LogP contribution in [-0.2, 0) is 26.1 Å². The molecule has 0 aliphatic carbocycles. The number of nitrogens with one attached hydrogen (secondary N) is 1. The molecule has 0 bridgehead atoms. The zero-order valence-corrected chi connectivity index (χ0v) is 12.5. The molecule has 2 heterocycles. The number of nitrogens with zero attached hydrogens (tertiary/aromatic N) is 2. The van der Waals surface area contributed by atoms with Gasteiger partial charge in [-0.15, -0.1) is 0 Å². The van der Waals surface area contributed by atoms with E-state index < -0.39 is 16.0 Å². The van der Waals surface area contributed by atoms with Crippen molar-refractivity contribution in [3.05, 3.63) is 12.4 Å². The first kappa shape index (κ1) is 15.9. The normalized spacial score (nSPS) is 22.5. The first-order valence-corrected chi connectivity index (χ1v) is 8.26. The Morgan fingerprint density at radius 1 is 1.62 bits per heavy atom. The smallest absolute Gasteiger partial charge is 0.325 e. The Morgan fingerprint density at radius 3 is 3.05 bits per heavy atom. The van der Waals surface area contributed by atoms with Crippen LogP contribution in [-0.4, -0.2) is 48.5 Å². The molecular formula is C12H19N3O5S. The third kappa shape index (κ3) is 4.02. The quantitative estimate of drug-likeness (QED) is 0.736. The molecule has 0 spiro atoms. The molecule has 1 aliphatic heterocycles. The Balaban J connectivity index is 1.98. The van der Waals surface area contributed by atoms with E-state index >= 15 is 0 Å². The molecule has 1 aromatic heterocycles. The second-order valence-electron chi connectivity index (χ2n) is 4.99. The predicted molar refractivity (Wildman–Crippen MR) is 73.2 cm³/mol. The van der Waals surface area contributed by atoms with Crippen molar-refractivity contribution in [2.24, 2.45) is 5.92 Å². The van der Waals surface area contributed by atoms with Crippen LogP contribution in [0.5, 0.6) is 0 Å². The van der Waals surface area contributed by atoms with Crippen molar-refractivity contribution in [2.75, 3.05) is 13.2 Å². The molecule has 2 unspecified atom stereocenters. The number of carboxylic acid groups (broad SMARTS) is 1. The van der Waals surface area contributed by atoms with Gasteiger partial charge < -0.3 is 9.84 Å². The zero-order valence-electron chi connectivity index (χ0n) is 11.7. The van der Waals surface area contributed by atoms with Gasteiger partial charge in [-0.2, -0.15) is 5.10 Å². The van der Waals surface area contributed by atoms with E-state index in [-0.39, 0.29) is 23.5 Å². The Morgan fingerprint density at radius 2 is 2.38 bits per heavy atom. The molecule has 21 heavy (non-hydrogen) atoms. The average Bonchev–Trinajstić information content (AvgIpc) is 3.04. The highest BCUT2D eigenvalue weighted by Gasteiger charge is 2.28. The number of hydrogen-bond acceptors (Lipinski definition) is 5. The average molecular weight is 317 g/mol. The van der Waals surface area contributed by atoms with E-state index in [0.29, 0.717) is 13.2 Å². The summed E-state index contributed by atoms with van der Waals surface area (Å²) >= 11 is 0. The maximum atomic E-state index is 12.1. The first-order valence-electron chi connectivity index (χ1n) is 6.78. The molecule has 9 heteroatoms. The highest BCUT2D eigenvalue weighted by molar-refractivity contribution is 7.89. The van der Waals surface area contributed by atoms with Gasteiger partial charge in [0.15, 0.2) is 0 Å². The number of rotatable bonds is 7. The van der Waals surface area contributed by atoms with Gasteiger partial charge in [-0.3, -0.25) is 9.48 Å². The maximum Gasteiger partial charge on any atom is 0.325 e. The molecule has 0 aromatic carbocycles. The third-order valence-corrected chi connectivity index (χ3v) is 4.88. The van der Waals surface area contributed by atoms with E-state index in [1.807, 2.05) is 6.92 Å². The van der Waals surface area contributed by atoms with Crippen LogP contribution in [0.2, 0.25) is 0 Å². The fraction of sp³-hybridized carbons (Fsp3) is 0.667. The van der Waals surface area contributed by atoms with Crippen LogP contribution in [0.25, 0.3) is 0 Å². The Bertz CT molecular complexity index is 598. The van der Waals surface area contributed by atoms with Crippen LogP contribution in [0, 0.1) is 5.92 Å². The number of carbonyl (C=O) groups is 1. The van der Waals surface area contributed by atoms with Gasteiger partial charge >= 0.3 is 5.97 Å². The summed E-state index contributed by atoms with van der Waals surface area (Å²) in [4.78, 5) is 10.5. The standard InChI is InChI=1S/C12H19N3O5S/c1-2-11-9(3-4-20-11)5-14-21(18,19)10-6-13-15(7-10)8-12(16)17/h6-7,9,11,14H,2-5,8H2,1H3,(H,16,17). The van der Waals surface area contributed by atoms with Crippen molar-refractivity contribution in [2.45, 2.75) is 37.3 Å². The second-order valence-corrected chi connectivity index (χ2v) is 6.75. The highest BCUT2D eigenvalue weighted by Crippen LogP contribution is 2.23. The minimum Gasteiger partial charge on any atom is -0.480 e. The molecule has 1 fully saturated rings. The molecule has 2 atom stereocenters. The minimum atomic E-state index is -3.68. The SMILES string of the molecule is CCC1OCCC1CNS(=O)(=O)c1cnn(CC(=O)O)c1. The van der Waals surface area contributed by atoms with Crippen molar-refractivity contribution in [1.82, 2.24) is 14.5 Å². The van der Waals surface area contributed by atoms with Gasteiger partial charge in [-0.25, -0.2) is 13.1 Å². The molecule has 0 amide bonds. The topological polar surface area (TPSA) is 111 Å². The molecular weight excluding hydrogens is 298 g/mol. The highest BCUT2D eigenvalue weighted by atomic mass is 32.2. The third-order valence-electron chi connectivity index (χ3n) is 3.50. The lowest BCUT2D eigenvalue weighted by Crippen LogP contribution is -2.32. The Kier molecular flexibility index (Phi) is 4.96. The fourth-order valence-electron chi connectivity index (χ4n) is 2.39. The summed E-state index contributed by atoms with van der Waals surface area (Å²) in [5.74, 6) is -0.914. The fourth-order valence-corrected chi connectivity index (χ4v) is 3.43. The van der Waals surface area contributed by atoms with E-state index in [1.165, 1.54) is 6.20 Å². The van der Waals surface area contributed by atoms with Gasteiger partial charge in [0.25, 0.3) is 0 Å². The molecule has 0 saturated carbocycles. The van der Waals surface area contributed by atoms with Gasteiger partial charge in [0.05, 0.1) is 12.3 Å². The number of ether oxygens (including phenoxy) is 1. The van der Waals surface area contributed by atoms with Crippen LogP contribution in [0.1, 0.15) is 19.8 Å². The van der Waals surface area contributed by atoms with E-state index in [0.717, 1.165) is 23.7 Å². The molecule has 1 aromatic rings. The van der Waals surface area contributed by atoms with Gasteiger partial charge in [0.1, 0.15) is 11.4 Å². The zero-order chi connectivity index (χ0) is 15.5. The van der Waals surface area contributed by atoms with Crippen LogP contribution in [0.4, 0.5) is 0 Å². The van der Waals surface area contributed by atoms with E-state index in [9.17, 15) is 13.2 Å². The second kappa shape index (κ2) is 6.54. The van der Waals surface area contributed by atoms with Crippen LogP contribution in [0.15, 0.2) is 17.3 Å². The summed E-state index contributed by atoms with van der Waals surface area (Å²) in [6.45, 7) is 2.60. The van der Waals surface area contributed by atoms with E-state index in [4.69, 9.17) is 9.84 Å². The van der Waals surface area contributed by atoms with E-state index in [1.54, 1.807) is 0 Å². The molecule has 2 rings (SSSR count). The number of sulfonamides is 1. The summed E-state index contributed by atoms with van der Waals surface area (Å²) in [6, 6.07) is 0. The molecule has 8 nitrogen and oxygen atoms in total. The lowest BCUT2D eigenvalue weighted by molar-refractivity contribution is -0.137. The van der Waals surface area contributed by atoms with E-state index in [2.05, 4.69) is 9.82 Å². The molecule has 2 N–H and O–H groups in total. The number of aliphatic carboxylic acids is 1. The summed E-state index contributed by atoms with van der Waals surface area (Å²) in [6.07, 6.45) is 4.12. The van der Waals surface area contributed by atoms with Crippen LogP contribution >= 0.6 is 0 Å². The number of aromatic nitrogens is 2. The Labute approximate surface area is 123 Å². The first-order chi connectivity index (χ1) is 9.92. The van der Waals surface area contributed by atoms with Crippen molar-refractivity contribution >= 4 is 16.0 Å². The number of carboxylic acids is 1. The molecule has 1 saturated heterocycles. The molecule has 1 aliphatic rings. The van der Waals surface area contributed by atoms with Crippen molar-refractivity contribution in [1.29, 1.82) is 0 Å². The summed E-state index contributed by atoms with van der Waals surface area (Å²) in [5, 5.41) is 12.4. The molecule has 0 radical (unpaired) electrons. The van der Waals surface area contributed by atoms with Crippen LogP contribution in [0.3, 0.4) is 0 Å². The lowest BCUT2D eigenvalue weighted by Gasteiger charge is -2.16. The van der Waals surface area contributed by atoms with Crippen LogP contribution < -0.4 is 4.72 Å². The molecule has 118 valence electrons. The summed E-state index contributed by atoms with van der Waals surface area (Å²) in [5.41, 5.74) is 0. The maximum absolute atomic E-state index is 12.1. The lowest BCUT2D eigenvalue weighted by atomic mass is 10.0. The monoisotopic (exact) mass is 317 g/mol. The predicted octanol–water partition coefficient (Wildman–Crippen LogP) is 0.0611.